The Morgan fingerprint density at radius 1 is 0.280 bits per heavy atom. The maximum Gasteiger partial charge on any atom is 0.192 e. The Bertz CT molecular complexity index is 5500. The van der Waals surface area contributed by atoms with Crippen LogP contribution in [0.1, 0.15) is 226 Å². The van der Waals surface area contributed by atoms with E-state index in [4.69, 9.17) is 92.2 Å². The predicted molar refractivity (Wildman–Crippen MR) is 592 cm³/mol. The van der Waals surface area contributed by atoms with Crippen molar-refractivity contribution in [2.75, 3.05) is 168 Å². The number of nitrogen functional groups attached to an aromatic ring is 6. The summed E-state index contributed by atoms with van der Waals surface area (Å²) in [7, 11) is 6.73. The van der Waals surface area contributed by atoms with E-state index in [1.54, 1.807) is 122 Å². The molecule has 0 bridgehead atoms. The minimum Gasteiger partial charge on any atom is -0.493 e. The summed E-state index contributed by atoms with van der Waals surface area (Å²) in [5.41, 5.74) is 45.5. The third kappa shape index (κ3) is 32.8. The minimum absolute atomic E-state index is 0.0521. The Balaban J connectivity index is 0.000000160. The summed E-state index contributed by atoms with van der Waals surface area (Å²) in [6.07, 6.45) is 22.4. The lowest BCUT2D eigenvalue weighted by atomic mass is 10.1. The van der Waals surface area contributed by atoms with Crippen molar-refractivity contribution in [3.8, 4) is 88.3 Å². The van der Waals surface area contributed by atoms with E-state index in [1.807, 2.05) is 62.4 Å². The highest BCUT2D eigenvalue weighted by molar-refractivity contribution is 8.00. The Hall–Kier alpha value is -9.84. The van der Waals surface area contributed by atoms with Gasteiger partial charge < -0.3 is 72.3 Å². The topological polar surface area (TPSA) is 398 Å². The highest BCUT2D eigenvalue weighted by atomic mass is 32.2. The molecule has 16 rings (SSSR count). The zero-order chi connectivity index (χ0) is 101. The van der Waals surface area contributed by atoms with E-state index in [9.17, 15) is 0 Å². The quantitative estimate of drug-likeness (QED) is 0.0153. The van der Waals surface area contributed by atoms with E-state index in [0.29, 0.717) is 82.0 Å². The number of hydrogen-bond donors (Lipinski definition) is 6. The number of hydrogen-bond acceptors (Lipinski definition) is 38. The van der Waals surface area contributed by atoms with Gasteiger partial charge in [-0.05, 0) is 244 Å². The molecule has 8 aromatic heterocycles. The number of rotatable bonds is 44. The van der Waals surface area contributed by atoms with Gasteiger partial charge in [-0.25, -0.2) is 59.8 Å². The molecule has 12 heterocycles. The van der Waals surface area contributed by atoms with Crippen molar-refractivity contribution in [2.45, 2.75) is 233 Å². The van der Waals surface area contributed by atoms with Crippen molar-refractivity contribution in [1.29, 1.82) is 0 Å². The first-order valence-electron chi connectivity index (χ1n) is 50.2. The fraction of sp³-hybridized carbons (Fsp3) is 0.505. The molecule has 0 aliphatic carbocycles. The van der Waals surface area contributed by atoms with Gasteiger partial charge in [-0.2, -0.15) is 0 Å². The molecule has 4 saturated heterocycles. The average molecular weight is 2100 g/mol. The lowest BCUT2D eigenvalue weighted by Gasteiger charge is -2.26. The second kappa shape index (κ2) is 56.2. The molecule has 4 fully saturated rings. The average Bonchev–Trinajstić information content (AvgIpc) is 1.68. The number of benzene rings is 4. The lowest BCUT2D eigenvalue weighted by molar-refractivity contribution is 0.180. The van der Waals surface area contributed by atoms with Crippen molar-refractivity contribution in [1.82, 2.24) is 79.4 Å². The first-order valence-corrected chi connectivity index (χ1v) is 57.0. The van der Waals surface area contributed by atoms with Crippen LogP contribution in [0.3, 0.4) is 0 Å². The normalized spacial score (nSPS) is 15.0. The molecule has 12 N–H and O–H groups in total. The van der Waals surface area contributed by atoms with Crippen molar-refractivity contribution >= 4 is 127 Å². The number of likely N-dealkylation sites (tertiary alicyclic amines) is 4. The molecule has 0 spiro atoms. The maximum atomic E-state index is 6.20. The van der Waals surface area contributed by atoms with Gasteiger partial charge in [0, 0.05) is 104 Å². The van der Waals surface area contributed by atoms with Gasteiger partial charge in [-0.1, -0.05) is 120 Å². The zero-order valence-corrected chi connectivity index (χ0v) is 92.0. The molecular formula is C105H144N22O8S8. The maximum absolute atomic E-state index is 6.20. The first kappa shape index (κ1) is 110. The number of thiazole rings is 4. The summed E-state index contributed by atoms with van der Waals surface area (Å²) in [5.74, 6) is 8.51. The van der Waals surface area contributed by atoms with Crippen LogP contribution in [0.2, 0.25) is 0 Å². The fourth-order valence-corrected chi connectivity index (χ4v) is 26.5. The van der Waals surface area contributed by atoms with Gasteiger partial charge in [0.2, 0.25) is 0 Å². The summed E-state index contributed by atoms with van der Waals surface area (Å²) in [5, 5.41) is 6.74. The number of methoxy groups -OCH3 is 4. The molecule has 4 aromatic carbocycles. The van der Waals surface area contributed by atoms with Gasteiger partial charge in [0.25, 0.3) is 0 Å². The van der Waals surface area contributed by atoms with Crippen LogP contribution >= 0.6 is 92.4 Å². The standard InChI is InChI=1S/C27H37N5O2S2.2C26H36N6O2S2.C26H35N5O2S2/c1-5-9-23-25(19(3)35-27-29-18(2)16-24(28)30-27)31-26(36-23)20-10-11-21(33-4)22(17-20)34-15-14-32-12-7-6-8-13-32;2*1-4-8-21-24(17(2)35-26-29-22(27)16-23(28)30-26)31-25(36-21)18-9-10-19(33-3)20(15-18)34-14-13-32-11-6-5-7-12-32;1-5-8-22-24(18(3)34-26-28-17(2)15-23(27)29-26)30-25(35-22)19-9-10-20(32-4)21(16-19)33-14-13-31-11-6-7-12-31/h10-11,16-17,19H,5-9,12-15H2,1-4H3,(H2,28,29,30);2*9-10,15-17H,4-8,11-14H2,1-3H3,(H4,27,28,29,30);9-10,15-16,18H,5-8,11-14H2,1-4H3,(H2,27,28,29)/t19-;2*17-;18-/m0000/s1. The molecule has 0 amide bonds. The van der Waals surface area contributed by atoms with Gasteiger partial charge in [0.15, 0.2) is 66.6 Å². The van der Waals surface area contributed by atoms with Crippen molar-refractivity contribution in [3.63, 3.8) is 0 Å². The number of piperidine rings is 3. The largest absolute Gasteiger partial charge is 0.493 e. The second-order valence-corrected chi connectivity index (χ2v) is 45.5. The minimum atomic E-state index is 0.0521. The Morgan fingerprint density at radius 2 is 0.490 bits per heavy atom. The highest BCUT2D eigenvalue weighted by Crippen LogP contribution is 2.48. The van der Waals surface area contributed by atoms with Crippen LogP contribution in [0.15, 0.2) is 118 Å². The molecule has 4 aliphatic rings. The molecule has 12 aromatic rings. The van der Waals surface area contributed by atoms with Crippen molar-refractivity contribution < 1.29 is 37.9 Å². The fourth-order valence-electron chi connectivity index (χ4n) is 17.3. The Labute approximate surface area is 877 Å². The molecular weight excluding hydrogens is 1950 g/mol. The van der Waals surface area contributed by atoms with Crippen LogP contribution in [0.25, 0.3) is 42.3 Å². The van der Waals surface area contributed by atoms with E-state index in [-0.39, 0.29) is 21.0 Å². The number of nitrogens with zero attached hydrogens (tertiary/aromatic N) is 16. The van der Waals surface area contributed by atoms with E-state index in [1.165, 1.54) is 140 Å². The molecule has 38 heteroatoms. The SMILES string of the molecule is CCCc1sc(-c2ccc(OC)c(OCCN3CCCC3)c2)nc1[C@H](C)Sc1nc(C)cc(N)n1.CCCc1sc(-c2ccc(OC)c(OCCN3CCCCC3)c2)nc1[C@H](C)Sc1nc(C)cc(N)n1.CCCc1sc(-c2ccc(OC)c(OCCN3CCCCC3)c2)nc1[C@H](C)Sc1nc(N)cc(N)n1.CCCc1sc(-c2ccc(OC)c(OCCN3CCCCC3)c2)nc1[C@H](C)Sc1nc(N)cc(N)n1. The van der Waals surface area contributed by atoms with E-state index < -0.39 is 0 Å². The third-order valence-electron chi connectivity index (χ3n) is 24.5. The number of anilines is 6. The van der Waals surface area contributed by atoms with E-state index in [2.05, 4.69) is 139 Å². The molecule has 30 nitrogen and oxygen atoms in total. The molecule has 0 saturated carbocycles. The summed E-state index contributed by atoms with van der Waals surface area (Å²) in [6, 6.07) is 31.0. The highest BCUT2D eigenvalue weighted by Gasteiger charge is 2.29. The van der Waals surface area contributed by atoms with E-state index >= 15 is 0 Å². The Morgan fingerprint density at radius 3 is 0.699 bits per heavy atom. The molecule has 0 radical (unpaired) electrons. The summed E-state index contributed by atoms with van der Waals surface area (Å²) < 4.78 is 47.1. The second-order valence-electron chi connectivity index (χ2n) is 35.9. The Kier molecular flexibility index (Phi) is 43.4. The molecule has 143 heavy (non-hydrogen) atoms. The predicted octanol–water partition coefficient (Wildman–Crippen LogP) is 22.8. The molecule has 4 aliphatic heterocycles. The van der Waals surface area contributed by atoms with Crippen LogP contribution in [0.5, 0.6) is 46.0 Å². The number of thioether (sulfide) groups is 4. The van der Waals surface area contributed by atoms with Crippen LogP contribution in [-0.2, 0) is 25.7 Å². The number of aromatic nitrogens is 12. The third-order valence-corrected chi connectivity index (χ3v) is 33.1. The lowest BCUT2D eigenvalue weighted by Crippen LogP contribution is -2.33. The number of aryl methyl sites for hydroxylation is 6. The number of nitrogens with two attached hydrogens (primary N) is 6. The number of ether oxygens (including phenoxy) is 8. The first-order chi connectivity index (χ1) is 69.3. The van der Waals surface area contributed by atoms with Gasteiger partial charge >= 0.3 is 0 Å². The van der Waals surface area contributed by atoms with Gasteiger partial charge in [-0.3, -0.25) is 19.6 Å². The molecule has 0 unspecified atom stereocenters. The van der Waals surface area contributed by atoms with Crippen LogP contribution in [-0.4, -0.2) is 213 Å². The van der Waals surface area contributed by atoms with Gasteiger partial charge in [-0.15, -0.1) is 45.3 Å². The van der Waals surface area contributed by atoms with Gasteiger partial charge in [0.1, 0.15) is 81.4 Å². The van der Waals surface area contributed by atoms with Crippen LogP contribution < -0.4 is 72.3 Å². The smallest absolute Gasteiger partial charge is 0.192 e. The summed E-state index contributed by atoms with van der Waals surface area (Å²) in [4.78, 5) is 70.5. The van der Waals surface area contributed by atoms with Crippen LogP contribution in [0, 0.1) is 13.8 Å². The molecule has 4 atom stereocenters. The molecule has 770 valence electrons. The summed E-state index contributed by atoms with van der Waals surface area (Å²) >= 11 is 13.2. The summed E-state index contributed by atoms with van der Waals surface area (Å²) in [6.45, 7) is 36.8. The zero-order valence-electron chi connectivity index (χ0n) is 85.4. The van der Waals surface area contributed by atoms with Crippen molar-refractivity contribution in [3.05, 3.63) is 151 Å². The van der Waals surface area contributed by atoms with Crippen molar-refractivity contribution in [2.24, 2.45) is 0 Å². The van der Waals surface area contributed by atoms with Crippen LogP contribution in [0.4, 0.5) is 34.9 Å². The monoisotopic (exact) mass is 2100 g/mol. The van der Waals surface area contributed by atoms with E-state index in [0.717, 1.165) is 226 Å². The van der Waals surface area contributed by atoms with Gasteiger partial charge in [0.05, 0.1) is 72.2 Å².